The van der Waals surface area contributed by atoms with Gasteiger partial charge in [0.25, 0.3) is 0 Å². The van der Waals surface area contributed by atoms with Crippen molar-refractivity contribution in [3.63, 3.8) is 0 Å². The van der Waals surface area contributed by atoms with Crippen LogP contribution in [0.1, 0.15) is 13.3 Å². The molecule has 0 spiro atoms. The first-order valence-corrected chi connectivity index (χ1v) is 5.96. The summed E-state index contributed by atoms with van der Waals surface area (Å²) in [6, 6.07) is 0. The maximum absolute atomic E-state index is 10.6. The third kappa shape index (κ3) is 11.8. The molecule has 13 heavy (non-hydrogen) atoms. The largest absolute Gasteiger partial charge is 0.379 e. The second-order valence-electron chi connectivity index (χ2n) is 2.70. The van der Waals surface area contributed by atoms with E-state index in [1.165, 1.54) is 6.92 Å². The molecule has 0 aliphatic rings. The van der Waals surface area contributed by atoms with Crippen LogP contribution in [-0.4, -0.2) is 37.2 Å². The van der Waals surface area contributed by atoms with Crippen molar-refractivity contribution in [1.29, 1.82) is 0 Å². The second kappa shape index (κ2) is 6.27. The molecule has 0 heterocycles. The average Bonchev–Trinajstić information content (AvgIpc) is 1.93. The summed E-state index contributed by atoms with van der Waals surface area (Å²) in [5.41, 5.74) is 0. The summed E-state index contributed by atoms with van der Waals surface area (Å²) in [6.07, 6.45) is 0.364. The van der Waals surface area contributed by atoms with Crippen LogP contribution < -0.4 is 0 Å². The van der Waals surface area contributed by atoms with Gasteiger partial charge in [-0.2, -0.15) is 0 Å². The minimum atomic E-state index is -3.38. The molecule has 1 atom stereocenters. The molecule has 0 rings (SSSR count). The first kappa shape index (κ1) is 12.8. The molecule has 1 N–H and O–H groups in total. The van der Waals surface area contributed by atoms with Gasteiger partial charge in [0, 0.05) is 13.1 Å². The Balaban J connectivity index is 3.18. The predicted molar refractivity (Wildman–Crippen MR) is 47.8 cm³/mol. The minimum absolute atomic E-state index is 0.0595. The molecule has 0 saturated heterocycles. The lowest BCUT2D eigenvalue weighted by Crippen LogP contribution is -2.06. The third-order valence-corrected chi connectivity index (χ3v) is 1.82. The van der Waals surface area contributed by atoms with Gasteiger partial charge in [-0.3, -0.25) is 9.36 Å². The SMILES string of the molecule is CC(=O)CCOCCOP(C)(=O)O. The van der Waals surface area contributed by atoms with Gasteiger partial charge in [-0.1, -0.05) is 0 Å². The summed E-state index contributed by atoms with van der Waals surface area (Å²) in [4.78, 5) is 19.1. The van der Waals surface area contributed by atoms with E-state index in [2.05, 4.69) is 4.52 Å². The van der Waals surface area contributed by atoms with Crippen molar-refractivity contribution in [2.45, 2.75) is 13.3 Å². The van der Waals surface area contributed by atoms with Crippen molar-refractivity contribution >= 4 is 13.4 Å². The maximum atomic E-state index is 10.6. The van der Waals surface area contributed by atoms with E-state index in [1.807, 2.05) is 0 Å². The van der Waals surface area contributed by atoms with Gasteiger partial charge < -0.3 is 14.2 Å². The lowest BCUT2D eigenvalue weighted by Gasteiger charge is -2.06. The normalized spacial score (nSPS) is 15.3. The summed E-state index contributed by atoms with van der Waals surface area (Å²) in [6.45, 7) is 3.22. The van der Waals surface area contributed by atoms with Crippen LogP contribution in [0.3, 0.4) is 0 Å². The summed E-state index contributed by atoms with van der Waals surface area (Å²) >= 11 is 0. The Morgan fingerprint density at radius 1 is 1.38 bits per heavy atom. The van der Waals surface area contributed by atoms with Crippen molar-refractivity contribution in [3.05, 3.63) is 0 Å². The standard InChI is InChI=1S/C7H15O5P/c1-7(8)3-4-11-5-6-12-13(2,9)10/h3-6H2,1-2H3,(H,9,10). The van der Waals surface area contributed by atoms with Crippen LogP contribution in [0.25, 0.3) is 0 Å². The van der Waals surface area contributed by atoms with E-state index in [0.29, 0.717) is 13.0 Å². The fourth-order valence-corrected chi connectivity index (χ4v) is 0.997. The van der Waals surface area contributed by atoms with Crippen molar-refractivity contribution in [3.8, 4) is 0 Å². The molecule has 0 aliphatic carbocycles. The molecule has 0 aromatic carbocycles. The molecular formula is C7H15O5P. The number of rotatable bonds is 7. The van der Waals surface area contributed by atoms with E-state index in [-0.39, 0.29) is 19.0 Å². The van der Waals surface area contributed by atoms with Gasteiger partial charge in [-0.05, 0) is 6.92 Å². The van der Waals surface area contributed by atoms with E-state index in [1.54, 1.807) is 0 Å². The number of Topliss-reactive ketones (excluding diaryl/α,β-unsaturated/α-hetero) is 1. The van der Waals surface area contributed by atoms with Crippen LogP contribution in [0, 0.1) is 0 Å². The fourth-order valence-electron chi connectivity index (χ4n) is 0.584. The summed E-state index contributed by atoms with van der Waals surface area (Å²) in [7, 11) is -3.38. The summed E-state index contributed by atoms with van der Waals surface area (Å²) in [5.74, 6) is 0.0595. The topological polar surface area (TPSA) is 72.8 Å². The molecule has 0 amide bonds. The number of carbonyl (C=O) groups excluding carboxylic acids is 1. The van der Waals surface area contributed by atoms with Crippen molar-refractivity contribution < 1.29 is 23.5 Å². The Kier molecular flexibility index (Phi) is 6.16. The molecule has 0 aromatic heterocycles. The molecule has 0 saturated carbocycles. The molecule has 0 bridgehead atoms. The van der Waals surface area contributed by atoms with Crippen LogP contribution >= 0.6 is 7.60 Å². The molecule has 6 heteroatoms. The molecule has 0 radical (unpaired) electrons. The predicted octanol–water partition coefficient (Wildman–Crippen LogP) is 0.814. The van der Waals surface area contributed by atoms with E-state index < -0.39 is 7.60 Å². The quantitative estimate of drug-likeness (QED) is 0.497. The van der Waals surface area contributed by atoms with Gasteiger partial charge in [0.1, 0.15) is 5.78 Å². The molecule has 1 unspecified atom stereocenters. The van der Waals surface area contributed by atoms with Gasteiger partial charge in [0.2, 0.25) is 0 Å². The zero-order valence-electron chi connectivity index (χ0n) is 7.86. The Labute approximate surface area is 77.6 Å². The molecule has 0 aliphatic heterocycles. The zero-order valence-corrected chi connectivity index (χ0v) is 8.75. The average molecular weight is 210 g/mol. The summed E-state index contributed by atoms with van der Waals surface area (Å²) in [5, 5.41) is 0. The Bertz CT molecular complexity index is 197. The highest BCUT2D eigenvalue weighted by molar-refractivity contribution is 7.51. The van der Waals surface area contributed by atoms with Gasteiger partial charge in [0.05, 0.1) is 19.8 Å². The van der Waals surface area contributed by atoms with Gasteiger partial charge in [0.15, 0.2) is 0 Å². The number of ketones is 1. The second-order valence-corrected chi connectivity index (χ2v) is 4.56. The molecule has 78 valence electrons. The van der Waals surface area contributed by atoms with Crippen molar-refractivity contribution in [2.75, 3.05) is 26.5 Å². The Morgan fingerprint density at radius 3 is 2.46 bits per heavy atom. The van der Waals surface area contributed by atoms with E-state index >= 15 is 0 Å². The van der Waals surface area contributed by atoms with Crippen molar-refractivity contribution in [1.82, 2.24) is 0 Å². The minimum Gasteiger partial charge on any atom is -0.379 e. The molecular weight excluding hydrogens is 195 g/mol. The van der Waals surface area contributed by atoms with E-state index in [4.69, 9.17) is 9.63 Å². The number of ether oxygens (including phenoxy) is 1. The monoisotopic (exact) mass is 210 g/mol. The highest BCUT2D eigenvalue weighted by Gasteiger charge is 2.08. The van der Waals surface area contributed by atoms with Gasteiger partial charge in [-0.15, -0.1) is 0 Å². The number of hydrogen-bond acceptors (Lipinski definition) is 4. The number of hydrogen-bond donors (Lipinski definition) is 1. The maximum Gasteiger partial charge on any atom is 0.325 e. The highest BCUT2D eigenvalue weighted by Crippen LogP contribution is 2.35. The van der Waals surface area contributed by atoms with Crippen molar-refractivity contribution in [2.24, 2.45) is 0 Å². The highest BCUT2D eigenvalue weighted by atomic mass is 31.2. The number of carbonyl (C=O) groups is 1. The molecule has 0 aromatic rings. The zero-order chi connectivity index (χ0) is 10.3. The van der Waals surface area contributed by atoms with Crippen LogP contribution in [-0.2, 0) is 18.6 Å². The lowest BCUT2D eigenvalue weighted by molar-refractivity contribution is -0.118. The lowest BCUT2D eigenvalue weighted by atomic mass is 10.3. The van der Waals surface area contributed by atoms with Crippen LogP contribution in [0.2, 0.25) is 0 Å². The molecule has 5 nitrogen and oxygen atoms in total. The Hall–Kier alpha value is -0.220. The van der Waals surface area contributed by atoms with Crippen LogP contribution in [0.15, 0.2) is 0 Å². The smallest absolute Gasteiger partial charge is 0.325 e. The third-order valence-electron chi connectivity index (χ3n) is 1.16. The van der Waals surface area contributed by atoms with Crippen LogP contribution in [0.5, 0.6) is 0 Å². The first-order valence-electron chi connectivity index (χ1n) is 3.94. The molecule has 0 fully saturated rings. The fraction of sp³-hybridized carbons (Fsp3) is 0.857. The van der Waals surface area contributed by atoms with Crippen LogP contribution in [0.4, 0.5) is 0 Å². The van der Waals surface area contributed by atoms with Gasteiger partial charge in [-0.25, -0.2) is 0 Å². The van der Waals surface area contributed by atoms with E-state index in [9.17, 15) is 9.36 Å². The first-order chi connectivity index (χ1) is 5.92. The van der Waals surface area contributed by atoms with E-state index in [0.717, 1.165) is 6.66 Å². The summed E-state index contributed by atoms with van der Waals surface area (Å²) < 4.78 is 20.1. The Morgan fingerprint density at radius 2 is 2.00 bits per heavy atom. The van der Waals surface area contributed by atoms with Gasteiger partial charge >= 0.3 is 7.60 Å².